The number of hydrogen-bond donors (Lipinski definition) is 0. The first-order valence-corrected chi connectivity index (χ1v) is 17.5. The van der Waals surface area contributed by atoms with Crippen LogP contribution in [0.25, 0.3) is 98.0 Å². The van der Waals surface area contributed by atoms with E-state index in [0.717, 1.165) is 44.4 Å². The van der Waals surface area contributed by atoms with Gasteiger partial charge in [-0.1, -0.05) is 133 Å². The molecule has 3 nitrogen and oxygen atoms in total. The molecule has 7 aromatic carbocycles. The summed E-state index contributed by atoms with van der Waals surface area (Å²) in [5.74, 6) is 0. The molecule has 0 aliphatic carbocycles. The topological polar surface area (TPSA) is 38.9 Å². The van der Waals surface area contributed by atoms with Gasteiger partial charge in [-0.05, 0) is 74.8 Å². The Morgan fingerprint density at radius 2 is 1.02 bits per heavy atom. The summed E-state index contributed by atoms with van der Waals surface area (Å²) >= 11 is 1.84. The van der Waals surface area contributed by atoms with Gasteiger partial charge in [0.05, 0.1) is 0 Å². The van der Waals surface area contributed by atoms with E-state index in [9.17, 15) is 0 Å². The zero-order valence-electron chi connectivity index (χ0n) is 26.9. The number of rotatable bonds is 5. The van der Waals surface area contributed by atoms with Crippen LogP contribution in [-0.2, 0) is 0 Å². The fraction of sp³-hybridized carbons (Fsp3) is 0. The summed E-state index contributed by atoms with van der Waals surface area (Å²) in [7, 11) is 0. The van der Waals surface area contributed by atoms with E-state index in [0.29, 0.717) is 5.58 Å². The predicted octanol–water partition coefficient (Wildman–Crippen LogP) is 13.1. The van der Waals surface area contributed by atoms with Crippen LogP contribution in [0.2, 0.25) is 0 Å². The molecule has 10 rings (SSSR count). The first-order chi connectivity index (χ1) is 24.8. The molecule has 0 unspecified atom stereocenters. The minimum atomic E-state index is 0.700. The Bertz CT molecular complexity index is 2870. The maximum absolute atomic E-state index is 6.49. The number of nitrogens with zero attached hydrogens (tertiary/aromatic N) is 2. The third-order valence-electron chi connectivity index (χ3n) is 9.62. The molecule has 0 aliphatic heterocycles. The van der Waals surface area contributed by atoms with E-state index >= 15 is 0 Å². The first-order valence-electron chi connectivity index (χ1n) is 16.7. The summed E-state index contributed by atoms with van der Waals surface area (Å²) in [6.07, 6.45) is 1.65. The second-order valence-electron chi connectivity index (χ2n) is 12.6. The molecule has 3 aromatic heterocycles. The fourth-order valence-corrected chi connectivity index (χ4v) is 8.37. The van der Waals surface area contributed by atoms with Crippen LogP contribution in [0.15, 0.2) is 175 Å². The molecular weight excluding hydrogens is 629 g/mol. The van der Waals surface area contributed by atoms with Crippen LogP contribution in [0.3, 0.4) is 0 Å². The Kier molecular flexibility index (Phi) is 6.68. The van der Waals surface area contributed by atoms with Gasteiger partial charge in [0.15, 0.2) is 5.58 Å². The van der Waals surface area contributed by atoms with Crippen LogP contribution in [0.5, 0.6) is 0 Å². The lowest BCUT2D eigenvalue weighted by Crippen LogP contribution is -1.88. The summed E-state index contributed by atoms with van der Waals surface area (Å²) < 4.78 is 9.08. The van der Waals surface area contributed by atoms with E-state index < -0.39 is 0 Å². The molecule has 10 aromatic rings. The van der Waals surface area contributed by atoms with E-state index in [1.54, 1.807) is 6.33 Å². The van der Waals surface area contributed by atoms with Crippen molar-refractivity contribution in [3.8, 4) is 55.8 Å². The molecule has 0 atom stereocenters. The Morgan fingerprint density at radius 3 is 1.84 bits per heavy atom. The Balaban J connectivity index is 1.00. The molecule has 3 heterocycles. The molecule has 0 spiro atoms. The van der Waals surface area contributed by atoms with Gasteiger partial charge in [-0.2, -0.15) is 0 Å². The zero-order chi connectivity index (χ0) is 33.0. The van der Waals surface area contributed by atoms with Crippen molar-refractivity contribution in [2.24, 2.45) is 0 Å². The molecule has 50 heavy (non-hydrogen) atoms. The van der Waals surface area contributed by atoms with E-state index in [2.05, 4.69) is 158 Å². The smallest absolute Gasteiger partial charge is 0.180 e. The molecule has 0 fully saturated rings. The Morgan fingerprint density at radius 1 is 0.420 bits per heavy atom. The van der Waals surface area contributed by atoms with Crippen molar-refractivity contribution in [2.45, 2.75) is 0 Å². The van der Waals surface area contributed by atoms with Crippen molar-refractivity contribution in [2.75, 3.05) is 0 Å². The van der Waals surface area contributed by atoms with Gasteiger partial charge in [-0.15, -0.1) is 11.3 Å². The van der Waals surface area contributed by atoms with Crippen molar-refractivity contribution in [1.29, 1.82) is 0 Å². The fourth-order valence-electron chi connectivity index (χ4n) is 7.13. The van der Waals surface area contributed by atoms with Gasteiger partial charge < -0.3 is 4.42 Å². The average Bonchev–Trinajstić information content (AvgIpc) is 3.77. The highest BCUT2D eigenvalue weighted by Gasteiger charge is 2.17. The highest BCUT2D eigenvalue weighted by molar-refractivity contribution is 7.26. The summed E-state index contributed by atoms with van der Waals surface area (Å²) in [5.41, 5.74) is 13.5. The minimum Gasteiger partial charge on any atom is -0.452 e. The molecule has 0 radical (unpaired) electrons. The maximum atomic E-state index is 6.49. The summed E-state index contributed by atoms with van der Waals surface area (Å²) in [5, 5.41) is 3.57. The van der Waals surface area contributed by atoms with Gasteiger partial charge in [0.2, 0.25) is 0 Å². The summed E-state index contributed by atoms with van der Waals surface area (Å²) in [6.45, 7) is 0. The van der Waals surface area contributed by atoms with Crippen molar-refractivity contribution < 1.29 is 4.42 Å². The summed E-state index contributed by atoms with van der Waals surface area (Å²) in [6, 6.07) is 58.2. The number of hydrogen-bond acceptors (Lipinski definition) is 4. The third kappa shape index (κ3) is 4.80. The van der Waals surface area contributed by atoms with E-state index in [-0.39, 0.29) is 0 Å². The largest absolute Gasteiger partial charge is 0.452 e. The van der Waals surface area contributed by atoms with Crippen LogP contribution in [-0.4, -0.2) is 9.97 Å². The molecule has 0 saturated carbocycles. The van der Waals surface area contributed by atoms with Gasteiger partial charge in [0, 0.05) is 31.1 Å². The number of fused-ring (bicyclic) bond motifs is 6. The Hall–Kier alpha value is -6.36. The van der Waals surface area contributed by atoms with Crippen molar-refractivity contribution >= 4 is 53.6 Å². The van der Waals surface area contributed by atoms with Gasteiger partial charge >= 0.3 is 0 Å². The summed E-state index contributed by atoms with van der Waals surface area (Å²) in [4.78, 5) is 9.47. The average molecular weight is 657 g/mol. The van der Waals surface area contributed by atoms with Crippen LogP contribution < -0.4 is 0 Å². The Labute approximate surface area is 292 Å². The van der Waals surface area contributed by atoms with Gasteiger partial charge in [-0.3, -0.25) is 0 Å². The van der Waals surface area contributed by atoms with E-state index in [4.69, 9.17) is 14.4 Å². The van der Waals surface area contributed by atoms with Crippen LogP contribution >= 0.6 is 11.3 Å². The van der Waals surface area contributed by atoms with Crippen molar-refractivity contribution in [3.63, 3.8) is 0 Å². The second-order valence-corrected chi connectivity index (χ2v) is 13.7. The third-order valence-corrected chi connectivity index (χ3v) is 10.8. The van der Waals surface area contributed by atoms with Crippen molar-refractivity contribution in [3.05, 3.63) is 170 Å². The molecule has 0 amide bonds. The van der Waals surface area contributed by atoms with Crippen molar-refractivity contribution in [1.82, 2.24) is 9.97 Å². The molecule has 234 valence electrons. The predicted molar refractivity (Wildman–Crippen MR) is 209 cm³/mol. The second kappa shape index (κ2) is 11.7. The molecule has 0 bridgehead atoms. The standard InChI is InChI=1S/C46H28N2OS/c1-2-9-29(10-3-1)32-11-6-12-33(25-32)30-19-21-31(22-20-30)34-23-24-41-40(27-34)44-45(49-41)43(47-28-48-44)36-14-7-13-35(26-36)37-16-8-17-39-38-15-4-5-18-42(38)50-46(37)39/h1-28H. The normalized spacial score (nSPS) is 11.6. The van der Waals surface area contributed by atoms with E-state index in [1.165, 1.54) is 48.0 Å². The van der Waals surface area contributed by atoms with Crippen LogP contribution in [0.1, 0.15) is 0 Å². The highest BCUT2D eigenvalue weighted by atomic mass is 32.1. The molecule has 0 aliphatic rings. The highest BCUT2D eigenvalue weighted by Crippen LogP contribution is 2.41. The number of furan rings is 1. The lowest BCUT2D eigenvalue weighted by atomic mass is 9.97. The lowest BCUT2D eigenvalue weighted by molar-refractivity contribution is 0.667. The first kappa shape index (κ1) is 28.6. The lowest BCUT2D eigenvalue weighted by Gasteiger charge is -2.08. The molecule has 4 heteroatoms. The number of aromatic nitrogens is 2. The molecule has 0 saturated heterocycles. The number of benzene rings is 7. The zero-order valence-corrected chi connectivity index (χ0v) is 27.7. The quantitative estimate of drug-likeness (QED) is 0.185. The maximum Gasteiger partial charge on any atom is 0.180 e. The van der Waals surface area contributed by atoms with Gasteiger partial charge in [0.25, 0.3) is 0 Å². The minimum absolute atomic E-state index is 0.700. The molecular formula is C46H28N2OS. The van der Waals surface area contributed by atoms with Gasteiger partial charge in [-0.25, -0.2) is 9.97 Å². The van der Waals surface area contributed by atoms with Crippen LogP contribution in [0.4, 0.5) is 0 Å². The molecule has 0 N–H and O–H groups in total. The van der Waals surface area contributed by atoms with Crippen LogP contribution in [0, 0.1) is 0 Å². The SMILES string of the molecule is c1ccc(-c2cccc(-c3ccc(-c4ccc5oc6c(-c7cccc(-c8cccc9c8sc8ccccc89)c7)ncnc6c5c4)cc3)c2)cc1. The van der Waals surface area contributed by atoms with E-state index in [1.807, 2.05) is 17.4 Å². The monoisotopic (exact) mass is 656 g/mol. The van der Waals surface area contributed by atoms with Gasteiger partial charge in [0.1, 0.15) is 23.1 Å². The number of thiophene rings is 1.